The van der Waals surface area contributed by atoms with Gasteiger partial charge in [-0.05, 0) is 62.9 Å². The summed E-state index contributed by atoms with van der Waals surface area (Å²) in [6.45, 7) is 3.89. The number of benzene rings is 1. The minimum absolute atomic E-state index is 0.258. The molecule has 0 saturated carbocycles. The molecular formula is C14H20FNO. The molecule has 3 heteroatoms. The molecule has 17 heavy (non-hydrogen) atoms. The Morgan fingerprint density at radius 3 is 2.47 bits per heavy atom. The molecule has 1 aromatic rings. The Bertz CT molecular complexity index is 355. The molecule has 0 bridgehead atoms. The standard InChI is InChI=1S/C14H20FNO/c1-14(17,10-11-6-8-16-9-7-11)12-2-4-13(15)5-3-12/h2-5,11,16-17H,6-10H2,1H3. The Morgan fingerprint density at radius 1 is 1.29 bits per heavy atom. The Morgan fingerprint density at radius 2 is 1.88 bits per heavy atom. The normalized spacial score (nSPS) is 21.1. The van der Waals surface area contributed by atoms with E-state index in [2.05, 4.69) is 5.32 Å². The number of halogens is 1. The van der Waals surface area contributed by atoms with Crippen LogP contribution in [0.5, 0.6) is 0 Å². The summed E-state index contributed by atoms with van der Waals surface area (Å²) in [6.07, 6.45) is 2.97. The molecular weight excluding hydrogens is 217 g/mol. The topological polar surface area (TPSA) is 32.3 Å². The highest BCUT2D eigenvalue weighted by Gasteiger charge is 2.28. The molecule has 1 fully saturated rings. The second kappa shape index (κ2) is 5.15. The third kappa shape index (κ3) is 3.27. The van der Waals surface area contributed by atoms with Crippen molar-refractivity contribution < 1.29 is 9.50 Å². The van der Waals surface area contributed by atoms with E-state index in [1.54, 1.807) is 12.1 Å². The maximum atomic E-state index is 12.8. The van der Waals surface area contributed by atoms with Crippen LogP contribution in [0.25, 0.3) is 0 Å². The van der Waals surface area contributed by atoms with Crippen LogP contribution in [0, 0.1) is 11.7 Å². The van der Waals surface area contributed by atoms with Crippen LogP contribution in [-0.4, -0.2) is 18.2 Å². The first-order chi connectivity index (χ1) is 8.08. The number of rotatable bonds is 3. The summed E-state index contributed by atoms with van der Waals surface area (Å²) in [7, 11) is 0. The van der Waals surface area contributed by atoms with E-state index in [1.807, 2.05) is 6.92 Å². The minimum Gasteiger partial charge on any atom is -0.385 e. The van der Waals surface area contributed by atoms with Crippen molar-refractivity contribution in [3.8, 4) is 0 Å². The lowest BCUT2D eigenvalue weighted by atomic mass is 9.82. The number of aliphatic hydroxyl groups is 1. The molecule has 1 aliphatic rings. The lowest BCUT2D eigenvalue weighted by Gasteiger charge is -2.31. The number of hydrogen-bond acceptors (Lipinski definition) is 2. The van der Waals surface area contributed by atoms with Crippen molar-refractivity contribution in [2.45, 2.75) is 31.8 Å². The molecule has 2 N–H and O–H groups in total. The van der Waals surface area contributed by atoms with Crippen LogP contribution in [0.3, 0.4) is 0 Å². The van der Waals surface area contributed by atoms with Crippen molar-refractivity contribution in [2.24, 2.45) is 5.92 Å². The SMILES string of the molecule is CC(O)(CC1CCNCC1)c1ccc(F)cc1. The largest absolute Gasteiger partial charge is 0.385 e. The Kier molecular flexibility index (Phi) is 3.79. The zero-order chi connectivity index (χ0) is 12.3. The van der Waals surface area contributed by atoms with E-state index in [4.69, 9.17) is 0 Å². The minimum atomic E-state index is -0.851. The molecule has 0 aromatic heterocycles. The van der Waals surface area contributed by atoms with Gasteiger partial charge in [0, 0.05) is 0 Å². The molecule has 2 nitrogen and oxygen atoms in total. The van der Waals surface area contributed by atoms with Gasteiger partial charge in [-0.3, -0.25) is 0 Å². The van der Waals surface area contributed by atoms with E-state index in [0.717, 1.165) is 37.9 Å². The fourth-order valence-corrected chi connectivity index (χ4v) is 2.57. The summed E-state index contributed by atoms with van der Waals surface area (Å²) in [5.41, 5.74) is -0.0483. The Hall–Kier alpha value is -0.930. The third-order valence-electron chi connectivity index (χ3n) is 3.61. The first kappa shape index (κ1) is 12.5. The molecule has 1 heterocycles. The highest BCUT2D eigenvalue weighted by molar-refractivity contribution is 5.22. The lowest BCUT2D eigenvalue weighted by Crippen LogP contribution is -2.32. The van der Waals surface area contributed by atoms with Crippen LogP contribution in [0.15, 0.2) is 24.3 Å². The highest BCUT2D eigenvalue weighted by Crippen LogP contribution is 2.31. The van der Waals surface area contributed by atoms with Crippen molar-refractivity contribution in [2.75, 3.05) is 13.1 Å². The monoisotopic (exact) mass is 237 g/mol. The quantitative estimate of drug-likeness (QED) is 0.846. The average Bonchev–Trinajstić information content (AvgIpc) is 2.30. The van der Waals surface area contributed by atoms with Gasteiger partial charge >= 0.3 is 0 Å². The summed E-state index contributed by atoms with van der Waals surface area (Å²) in [5.74, 6) is 0.294. The highest BCUT2D eigenvalue weighted by atomic mass is 19.1. The van der Waals surface area contributed by atoms with E-state index in [-0.39, 0.29) is 5.82 Å². The van der Waals surface area contributed by atoms with Gasteiger partial charge in [-0.15, -0.1) is 0 Å². The molecule has 1 saturated heterocycles. The second-order valence-corrected chi connectivity index (χ2v) is 5.18. The smallest absolute Gasteiger partial charge is 0.123 e. The van der Waals surface area contributed by atoms with Crippen molar-refractivity contribution in [3.63, 3.8) is 0 Å². The fraction of sp³-hybridized carbons (Fsp3) is 0.571. The van der Waals surface area contributed by atoms with Crippen molar-refractivity contribution >= 4 is 0 Å². The second-order valence-electron chi connectivity index (χ2n) is 5.18. The molecule has 0 aliphatic carbocycles. The Labute approximate surface area is 102 Å². The van der Waals surface area contributed by atoms with E-state index in [1.165, 1.54) is 12.1 Å². The maximum Gasteiger partial charge on any atom is 0.123 e. The van der Waals surface area contributed by atoms with Crippen LogP contribution in [-0.2, 0) is 5.60 Å². The fourth-order valence-electron chi connectivity index (χ4n) is 2.57. The summed E-state index contributed by atoms with van der Waals surface area (Å²) >= 11 is 0. The molecule has 2 rings (SSSR count). The molecule has 1 atom stereocenters. The third-order valence-corrected chi connectivity index (χ3v) is 3.61. The van der Waals surface area contributed by atoms with Crippen molar-refractivity contribution in [3.05, 3.63) is 35.6 Å². The molecule has 94 valence electrons. The van der Waals surface area contributed by atoms with Crippen LogP contribution in [0.2, 0.25) is 0 Å². The zero-order valence-electron chi connectivity index (χ0n) is 10.2. The summed E-state index contributed by atoms with van der Waals surface area (Å²) in [6, 6.07) is 6.17. The molecule has 0 radical (unpaired) electrons. The van der Waals surface area contributed by atoms with Gasteiger partial charge in [-0.2, -0.15) is 0 Å². The molecule has 1 aromatic carbocycles. The molecule has 1 unspecified atom stereocenters. The molecule has 0 amide bonds. The van der Waals surface area contributed by atoms with Gasteiger partial charge in [0.05, 0.1) is 5.60 Å². The van der Waals surface area contributed by atoms with E-state index in [9.17, 15) is 9.50 Å². The van der Waals surface area contributed by atoms with Gasteiger partial charge in [0.15, 0.2) is 0 Å². The zero-order valence-corrected chi connectivity index (χ0v) is 10.2. The van der Waals surface area contributed by atoms with Crippen LogP contribution < -0.4 is 5.32 Å². The van der Waals surface area contributed by atoms with Gasteiger partial charge in [-0.25, -0.2) is 4.39 Å². The van der Waals surface area contributed by atoms with Crippen LogP contribution in [0.4, 0.5) is 4.39 Å². The molecule has 0 spiro atoms. The van der Waals surface area contributed by atoms with Crippen LogP contribution >= 0.6 is 0 Å². The van der Waals surface area contributed by atoms with Gasteiger partial charge in [0.1, 0.15) is 5.82 Å². The van der Waals surface area contributed by atoms with E-state index < -0.39 is 5.60 Å². The Balaban J connectivity index is 2.04. The summed E-state index contributed by atoms with van der Waals surface area (Å²) in [4.78, 5) is 0. The summed E-state index contributed by atoms with van der Waals surface area (Å²) in [5, 5.41) is 13.8. The molecule has 1 aliphatic heterocycles. The number of nitrogens with one attached hydrogen (secondary N) is 1. The van der Waals surface area contributed by atoms with E-state index >= 15 is 0 Å². The first-order valence-corrected chi connectivity index (χ1v) is 6.27. The summed E-state index contributed by atoms with van der Waals surface area (Å²) < 4.78 is 12.8. The lowest BCUT2D eigenvalue weighted by molar-refractivity contribution is 0.0249. The first-order valence-electron chi connectivity index (χ1n) is 6.27. The van der Waals surface area contributed by atoms with Gasteiger partial charge in [0.25, 0.3) is 0 Å². The van der Waals surface area contributed by atoms with E-state index in [0.29, 0.717) is 5.92 Å². The van der Waals surface area contributed by atoms with Gasteiger partial charge in [-0.1, -0.05) is 12.1 Å². The number of hydrogen-bond donors (Lipinski definition) is 2. The van der Waals surface area contributed by atoms with Crippen molar-refractivity contribution in [1.29, 1.82) is 0 Å². The predicted molar refractivity (Wildman–Crippen MR) is 66.2 cm³/mol. The van der Waals surface area contributed by atoms with Gasteiger partial charge in [0.2, 0.25) is 0 Å². The average molecular weight is 237 g/mol. The number of piperidine rings is 1. The maximum absolute atomic E-state index is 12.8. The van der Waals surface area contributed by atoms with Crippen molar-refractivity contribution in [1.82, 2.24) is 5.32 Å². The van der Waals surface area contributed by atoms with Crippen LogP contribution in [0.1, 0.15) is 31.7 Å². The van der Waals surface area contributed by atoms with Gasteiger partial charge < -0.3 is 10.4 Å². The predicted octanol–water partition coefficient (Wildman–Crippen LogP) is 2.42.